The summed E-state index contributed by atoms with van der Waals surface area (Å²) in [5.41, 5.74) is 2.50. The number of carbonyl (C=O) groups excluding carboxylic acids is 1. The first-order chi connectivity index (χ1) is 15.1. The Morgan fingerprint density at radius 2 is 1.84 bits per heavy atom. The summed E-state index contributed by atoms with van der Waals surface area (Å²) in [5.74, 6) is 0.705. The second-order valence-electron chi connectivity index (χ2n) is 7.05. The van der Waals surface area contributed by atoms with Crippen molar-refractivity contribution in [2.75, 3.05) is 36.8 Å². The molecule has 0 atom stereocenters. The molecule has 31 heavy (non-hydrogen) atoms. The lowest BCUT2D eigenvalue weighted by Crippen LogP contribution is -2.36. The molecule has 1 aliphatic rings. The highest BCUT2D eigenvalue weighted by Gasteiger charge is 2.20. The van der Waals surface area contributed by atoms with Crippen molar-refractivity contribution in [1.82, 2.24) is 15.1 Å². The maximum atomic E-state index is 12.7. The average Bonchev–Trinajstić information content (AvgIpc) is 3.14. The van der Waals surface area contributed by atoms with Crippen LogP contribution in [0, 0.1) is 11.3 Å². The third-order valence-corrected chi connectivity index (χ3v) is 6.08. The number of thioether (sulfide) groups is 1. The van der Waals surface area contributed by atoms with Crippen molar-refractivity contribution in [3.05, 3.63) is 59.1 Å². The van der Waals surface area contributed by atoms with Crippen LogP contribution in [0.3, 0.4) is 0 Å². The van der Waals surface area contributed by atoms with E-state index >= 15 is 0 Å². The lowest BCUT2D eigenvalue weighted by atomic mass is 10.2. The summed E-state index contributed by atoms with van der Waals surface area (Å²) in [6.07, 6.45) is 0.887. The maximum absolute atomic E-state index is 12.7. The van der Waals surface area contributed by atoms with Gasteiger partial charge < -0.3 is 14.2 Å². The van der Waals surface area contributed by atoms with Crippen LogP contribution in [0.4, 0.5) is 5.69 Å². The lowest BCUT2D eigenvalue weighted by molar-refractivity contribution is -0.128. The minimum atomic E-state index is 0.0536. The number of nitriles is 1. The zero-order chi connectivity index (χ0) is 21.6. The molecule has 1 amide bonds. The van der Waals surface area contributed by atoms with Gasteiger partial charge in [0.15, 0.2) is 0 Å². The van der Waals surface area contributed by atoms with Gasteiger partial charge in [-0.3, -0.25) is 4.79 Å². The van der Waals surface area contributed by atoms with Crippen LogP contribution in [0.25, 0.3) is 11.5 Å². The van der Waals surface area contributed by atoms with Gasteiger partial charge in [-0.25, -0.2) is 0 Å². The number of amides is 1. The maximum Gasteiger partial charge on any atom is 0.277 e. The van der Waals surface area contributed by atoms with Crippen LogP contribution in [-0.4, -0.2) is 52.9 Å². The molecular weight excluding hydrogens is 434 g/mol. The van der Waals surface area contributed by atoms with Gasteiger partial charge in [0.1, 0.15) is 0 Å². The standard InChI is InChI=1S/C22H20ClN5O2S/c23-18-6-4-17(5-7-18)21-25-26-22(30-21)31-15-20(29)28-11-1-10-27(12-13-28)19-8-2-16(14-24)3-9-19/h2-9H,1,10-13,15H2. The zero-order valence-electron chi connectivity index (χ0n) is 16.7. The number of rotatable bonds is 5. The summed E-state index contributed by atoms with van der Waals surface area (Å²) < 4.78 is 5.66. The van der Waals surface area contributed by atoms with Crippen molar-refractivity contribution in [3.8, 4) is 17.5 Å². The Balaban J connectivity index is 1.30. The van der Waals surface area contributed by atoms with E-state index in [1.54, 1.807) is 12.1 Å². The summed E-state index contributed by atoms with van der Waals surface area (Å²) in [5, 5.41) is 18.0. The van der Waals surface area contributed by atoms with Crippen molar-refractivity contribution < 1.29 is 9.21 Å². The Bertz CT molecular complexity index is 1080. The molecule has 3 aromatic rings. The largest absolute Gasteiger partial charge is 0.411 e. The molecule has 1 aromatic heterocycles. The van der Waals surface area contributed by atoms with Crippen LogP contribution in [0.5, 0.6) is 0 Å². The molecule has 7 nitrogen and oxygen atoms in total. The van der Waals surface area contributed by atoms with E-state index in [-0.39, 0.29) is 11.7 Å². The molecule has 2 aromatic carbocycles. The topological polar surface area (TPSA) is 86.3 Å². The average molecular weight is 454 g/mol. The molecule has 0 unspecified atom stereocenters. The third kappa shape index (κ3) is 5.37. The van der Waals surface area contributed by atoms with E-state index in [1.807, 2.05) is 41.3 Å². The van der Waals surface area contributed by atoms with Crippen LogP contribution in [-0.2, 0) is 4.79 Å². The van der Waals surface area contributed by atoms with Gasteiger partial charge in [0.2, 0.25) is 11.8 Å². The first-order valence-electron chi connectivity index (χ1n) is 9.87. The highest BCUT2D eigenvalue weighted by Crippen LogP contribution is 2.25. The van der Waals surface area contributed by atoms with Crippen LogP contribution >= 0.6 is 23.4 Å². The SMILES string of the molecule is N#Cc1ccc(N2CCCN(C(=O)CSc3nnc(-c4ccc(Cl)cc4)o3)CC2)cc1. The van der Waals surface area contributed by atoms with Crippen molar-refractivity contribution in [1.29, 1.82) is 5.26 Å². The first kappa shape index (κ1) is 21.2. The minimum Gasteiger partial charge on any atom is -0.411 e. The van der Waals surface area contributed by atoms with Gasteiger partial charge in [0.25, 0.3) is 5.22 Å². The molecule has 1 saturated heterocycles. The molecular formula is C22H20ClN5O2S. The molecule has 0 spiro atoms. The van der Waals surface area contributed by atoms with E-state index in [9.17, 15) is 4.79 Å². The van der Waals surface area contributed by atoms with E-state index in [4.69, 9.17) is 21.3 Å². The summed E-state index contributed by atoms with van der Waals surface area (Å²) in [6.45, 7) is 2.99. The Hall–Kier alpha value is -3.02. The van der Waals surface area contributed by atoms with E-state index in [1.165, 1.54) is 11.8 Å². The van der Waals surface area contributed by atoms with Gasteiger partial charge in [-0.2, -0.15) is 5.26 Å². The molecule has 0 radical (unpaired) electrons. The molecule has 2 heterocycles. The number of aromatic nitrogens is 2. The van der Waals surface area contributed by atoms with Crippen molar-refractivity contribution in [2.24, 2.45) is 0 Å². The highest BCUT2D eigenvalue weighted by molar-refractivity contribution is 7.99. The normalized spacial score (nSPS) is 14.2. The quantitative estimate of drug-likeness (QED) is 0.537. The summed E-state index contributed by atoms with van der Waals surface area (Å²) in [4.78, 5) is 16.8. The van der Waals surface area contributed by atoms with Gasteiger partial charge in [-0.05, 0) is 55.0 Å². The van der Waals surface area contributed by atoms with E-state index < -0.39 is 0 Å². The van der Waals surface area contributed by atoms with E-state index in [2.05, 4.69) is 21.2 Å². The summed E-state index contributed by atoms with van der Waals surface area (Å²) in [7, 11) is 0. The van der Waals surface area contributed by atoms with Gasteiger partial charge >= 0.3 is 0 Å². The predicted octanol–water partition coefficient (Wildman–Crippen LogP) is 4.09. The molecule has 0 bridgehead atoms. The number of hydrogen-bond donors (Lipinski definition) is 0. The fraction of sp³-hybridized carbons (Fsp3) is 0.273. The number of halogens is 1. The number of hydrogen-bond acceptors (Lipinski definition) is 7. The number of benzene rings is 2. The Kier molecular flexibility index (Phi) is 6.75. The molecule has 0 aliphatic carbocycles. The Morgan fingerprint density at radius 3 is 2.58 bits per heavy atom. The Labute approximate surface area is 189 Å². The van der Waals surface area contributed by atoms with Crippen LogP contribution in [0.15, 0.2) is 58.2 Å². The van der Waals surface area contributed by atoms with Crippen LogP contribution < -0.4 is 4.90 Å². The van der Waals surface area contributed by atoms with Crippen LogP contribution in [0.2, 0.25) is 5.02 Å². The van der Waals surface area contributed by atoms with Crippen LogP contribution in [0.1, 0.15) is 12.0 Å². The van der Waals surface area contributed by atoms with Gasteiger partial charge in [-0.15, -0.1) is 10.2 Å². The smallest absolute Gasteiger partial charge is 0.277 e. The highest BCUT2D eigenvalue weighted by atomic mass is 35.5. The van der Waals surface area contributed by atoms with Crippen molar-refractivity contribution >= 4 is 35.0 Å². The fourth-order valence-electron chi connectivity index (χ4n) is 3.36. The molecule has 1 fully saturated rings. The first-order valence-corrected chi connectivity index (χ1v) is 11.2. The van der Waals surface area contributed by atoms with Gasteiger partial charge in [0.05, 0.1) is 17.4 Å². The Morgan fingerprint density at radius 1 is 1.06 bits per heavy atom. The molecule has 0 saturated carbocycles. The van der Waals surface area contributed by atoms with E-state index in [0.29, 0.717) is 34.8 Å². The number of anilines is 1. The molecule has 9 heteroatoms. The number of nitrogens with zero attached hydrogens (tertiary/aromatic N) is 5. The van der Waals surface area contributed by atoms with Crippen molar-refractivity contribution in [2.45, 2.75) is 11.6 Å². The second kappa shape index (κ2) is 9.86. The lowest BCUT2D eigenvalue weighted by Gasteiger charge is -2.23. The summed E-state index contributed by atoms with van der Waals surface area (Å²) in [6, 6.07) is 16.8. The minimum absolute atomic E-state index is 0.0536. The fourth-order valence-corrected chi connectivity index (χ4v) is 4.16. The van der Waals surface area contributed by atoms with E-state index in [0.717, 1.165) is 30.8 Å². The van der Waals surface area contributed by atoms with Gasteiger partial charge in [0, 0.05) is 42.5 Å². The van der Waals surface area contributed by atoms with Crippen molar-refractivity contribution in [3.63, 3.8) is 0 Å². The second-order valence-corrected chi connectivity index (χ2v) is 8.41. The molecule has 1 aliphatic heterocycles. The molecule has 4 rings (SSSR count). The molecule has 158 valence electrons. The zero-order valence-corrected chi connectivity index (χ0v) is 18.3. The molecule has 0 N–H and O–H groups in total. The number of carbonyl (C=O) groups is 1. The third-order valence-electron chi connectivity index (χ3n) is 5.03. The summed E-state index contributed by atoms with van der Waals surface area (Å²) >= 11 is 7.15. The predicted molar refractivity (Wildman–Crippen MR) is 120 cm³/mol. The van der Waals surface area contributed by atoms with Gasteiger partial charge in [-0.1, -0.05) is 23.4 Å². The monoisotopic (exact) mass is 453 g/mol.